The van der Waals surface area contributed by atoms with Gasteiger partial charge in [-0.3, -0.25) is 9.10 Å². The molecule has 0 saturated carbocycles. The summed E-state index contributed by atoms with van der Waals surface area (Å²) in [5, 5.41) is 10.0. The maximum absolute atomic E-state index is 12.5. The van der Waals surface area contributed by atoms with Gasteiger partial charge < -0.3 is 5.32 Å². The molecule has 2 rings (SSSR count). The summed E-state index contributed by atoms with van der Waals surface area (Å²) in [4.78, 5) is 11.3. The molecule has 9 heteroatoms. The van der Waals surface area contributed by atoms with E-state index in [1.165, 1.54) is 7.05 Å². The third-order valence-electron chi connectivity index (χ3n) is 2.92. The molecule has 2 aromatic rings. The number of sulfonamides is 1. The van der Waals surface area contributed by atoms with E-state index < -0.39 is 10.0 Å². The van der Waals surface area contributed by atoms with E-state index in [9.17, 15) is 13.2 Å². The number of nitrogens with zero attached hydrogens (tertiary/aromatic N) is 3. The molecule has 1 N–H and O–H groups in total. The van der Waals surface area contributed by atoms with Crippen molar-refractivity contribution in [1.29, 1.82) is 0 Å². The predicted molar refractivity (Wildman–Crippen MR) is 85.6 cm³/mol. The number of carbonyl (C=O) groups is 1. The minimum atomic E-state index is -3.80. The van der Waals surface area contributed by atoms with Crippen molar-refractivity contribution >= 4 is 38.1 Å². The molecule has 22 heavy (non-hydrogen) atoms. The van der Waals surface area contributed by atoms with Crippen molar-refractivity contribution < 1.29 is 13.2 Å². The molecule has 0 fully saturated rings. The molecule has 1 aromatic heterocycles. The van der Waals surface area contributed by atoms with Crippen LogP contribution in [0.2, 0.25) is 0 Å². The molecule has 0 unspecified atom stereocenters. The molecule has 0 aliphatic rings. The van der Waals surface area contributed by atoms with Gasteiger partial charge in [0.1, 0.15) is 0 Å². The van der Waals surface area contributed by atoms with E-state index in [1.54, 1.807) is 25.1 Å². The van der Waals surface area contributed by atoms with Crippen molar-refractivity contribution in [3.8, 4) is 0 Å². The van der Waals surface area contributed by atoms with Crippen molar-refractivity contribution in [3.63, 3.8) is 0 Å². The molecule has 0 spiro atoms. The molecule has 7 nitrogen and oxygen atoms in total. The van der Waals surface area contributed by atoms with E-state index in [1.807, 2.05) is 13.0 Å². The Balaban J connectivity index is 2.28. The minimum absolute atomic E-state index is 0.164. The lowest BCUT2D eigenvalue weighted by Gasteiger charge is -2.17. The number of hydrogen-bond acceptors (Lipinski definition) is 6. The normalized spacial score (nSPS) is 11.2. The second kappa shape index (κ2) is 6.41. The van der Waals surface area contributed by atoms with Crippen LogP contribution in [0, 0.1) is 6.92 Å². The number of anilines is 2. The van der Waals surface area contributed by atoms with E-state index >= 15 is 0 Å². The first-order chi connectivity index (χ1) is 10.3. The molecule has 118 valence electrons. The Morgan fingerprint density at radius 3 is 2.73 bits per heavy atom. The summed E-state index contributed by atoms with van der Waals surface area (Å²) >= 11 is 0.827. The summed E-state index contributed by atoms with van der Waals surface area (Å²) < 4.78 is 26.0. The van der Waals surface area contributed by atoms with Crippen LogP contribution in [0.15, 0.2) is 28.6 Å². The van der Waals surface area contributed by atoms with E-state index in [0.29, 0.717) is 5.69 Å². The van der Waals surface area contributed by atoms with E-state index in [2.05, 4.69) is 15.5 Å². The fraction of sp³-hybridized carbons (Fsp3) is 0.308. The second-order valence-electron chi connectivity index (χ2n) is 4.59. The van der Waals surface area contributed by atoms with Crippen LogP contribution < -0.4 is 9.62 Å². The monoisotopic (exact) mass is 340 g/mol. The predicted octanol–water partition coefficient (Wildman–Crippen LogP) is 2.02. The number of amides is 1. The Bertz CT molecular complexity index is 786. The Morgan fingerprint density at radius 2 is 2.09 bits per heavy atom. The van der Waals surface area contributed by atoms with Gasteiger partial charge in [0.05, 0.1) is 5.69 Å². The average Bonchev–Trinajstić information content (AvgIpc) is 2.95. The molecule has 1 heterocycles. The quantitative estimate of drug-likeness (QED) is 0.841. The minimum Gasteiger partial charge on any atom is -0.301 e. The van der Waals surface area contributed by atoms with E-state index in [0.717, 1.165) is 21.2 Å². The third-order valence-corrected chi connectivity index (χ3v) is 5.89. The van der Waals surface area contributed by atoms with Crippen LogP contribution in [0.5, 0.6) is 0 Å². The van der Waals surface area contributed by atoms with Crippen LogP contribution in [0.3, 0.4) is 0 Å². The van der Waals surface area contributed by atoms with Crippen LogP contribution in [0.25, 0.3) is 0 Å². The summed E-state index contributed by atoms with van der Waals surface area (Å²) in [6, 6.07) is 7.13. The van der Waals surface area contributed by atoms with Crippen LogP contribution >= 0.6 is 11.3 Å². The average molecular weight is 340 g/mol. The molecule has 0 saturated heterocycles. The van der Waals surface area contributed by atoms with Gasteiger partial charge in [0, 0.05) is 13.5 Å². The summed E-state index contributed by atoms with van der Waals surface area (Å²) in [6.07, 6.45) is 0.283. The molecule has 1 aromatic carbocycles. The lowest BCUT2D eigenvalue weighted by atomic mass is 10.2. The number of aryl methyl sites for hydroxylation is 1. The highest BCUT2D eigenvalue weighted by molar-refractivity contribution is 7.94. The second-order valence-corrected chi connectivity index (χ2v) is 7.71. The van der Waals surface area contributed by atoms with Crippen LogP contribution in [-0.4, -0.2) is 31.6 Å². The summed E-state index contributed by atoms with van der Waals surface area (Å²) in [5.74, 6) is -0.243. The Kier molecular flexibility index (Phi) is 4.77. The number of rotatable bonds is 5. The zero-order valence-electron chi connectivity index (χ0n) is 12.4. The smallest absolute Gasteiger partial charge is 0.293 e. The highest BCUT2D eigenvalue weighted by Gasteiger charge is 2.26. The first-order valence-corrected chi connectivity index (χ1v) is 8.79. The summed E-state index contributed by atoms with van der Waals surface area (Å²) in [5.41, 5.74) is 1.49. The lowest BCUT2D eigenvalue weighted by molar-refractivity contribution is -0.115. The van der Waals surface area contributed by atoms with Crippen molar-refractivity contribution in [2.75, 3.05) is 16.7 Å². The maximum Gasteiger partial charge on any atom is 0.293 e. The number of hydrogen-bond donors (Lipinski definition) is 1. The fourth-order valence-electron chi connectivity index (χ4n) is 1.65. The van der Waals surface area contributed by atoms with Crippen molar-refractivity contribution in [2.45, 2.75) is 24.6 Å². The molecular weight excluding hydrogens is 324 g/mol. The first-order valence-electron chi connectivity index (χ1n) is 6.53. The SMILES string of the molecule is CCC(=O)Nc1nnc(S(=O)(=O)N(C)c2cccc(C)c2)s1. The van der Waals surface area contributed by atoms with Crippen molar-refractivity contribution in [2.24, 2.45) is 0 Å². The lowest BCUT2D eigenvalue weighted by Crippen LogP contribution is -2.26. The Hall–Kier alpha value is -2.00. The Morgan fingerprint density at radius 1 is 1.36 bits per heavy atom. The van der Waals surface area contributed by atoms with Gasteiger partial charge in [-0.1, -0.05) is 30.4 Å². The van der Waals surface area contributed by atoms with Gasteiger partial charge in [-0.25, -0.2) is 0 Å². The van der Waals surface area contributed by atoms with Gasteiger partial charge in [0.2, 0.25) is 11.0 Å². The van der Waals surface area contributed by atoms with Crippen LogP contribution in [0.4, 0.5) is 10.8 Å². The van der Waals surface area contributed by atoms with Crippen molar-refractivity contribution in [1.82, 2.24) is 10.2 Å². The molecular formula is C13H16N4O3S2. The number of nitrogens with one attached hydrogen (secondary N) is 1. The van der Waals surface area contributed by atoms with Gasteiger partial charge in [0.15, 0.2) is 0 Å². The topological polar surface area (TPSA) is 92.3 Å². The van der Waals surface area contributed by atoms with Gasteiger partial charge in [-0.2, -0.15) is 8.42 Å². The van der Waals surface area contributed by atoms with Gasteiger partial charge in [-0.05, 0) is 24.6 Å². The molecule has 0 aliphatic carbocycles. The largest absolute Gasteiger partial charge is 0.301 e. The highest BCUT2D eigenvalue weighted by Crippen LogP contribution is 2.26. The fourth-order valence-corrected chi connectivity index (χ4v) is 3.91. The number of carbonyl (C=O) groups excluding carboxylic acids is 1. The standard InChI is InChI=1S/C13H16N4O3S2/c1-4-11(18)14-12-15-16-13(21-12)22(19,20)17(3)10-7-5-6-9(2)8-10/h5-8H,4H2,1-3H3,(H,14,15,18). The van der Waals surface area contributed by atoms with Gasteiger partial charge >= 0.3 is 0 Å². The first kappa shape index (κ1) is 16.4. The number of benzene rings is 1. The van der Waals surface area contributed by atoms with E-state index in [-0.39, 0.29) is 21.8 Å². The summed E-state index contributed by atoms with van der Waals surface area (Å²) in [6.45, 7) is 3.58. The maximum atomic E-state index is 12.5. The third kappa shape index (κ3) is 3.42. The van der Waals surface area contributed by atoms with E-state index in [4.69, 9.17) is 0 Å². The molecule has 0 atom stereocenters. The van der Waals surface area contributed by atoms with Crippen LogP contribution in [-0.2, 0) is 14.8 Å². The molecule has 0 bridgehead atoms. The zero-order chi connectivity index (χ0) is 16.3. The zero-order valence-corrected chi connectivity index (χ0v) is 14.0. The highest BCUT2D eigenvalue weighted by atomic mass is 32.2. The molecule has 0 aliphatic heterocycles. The molecule has 1 amide bonds. The molecule has 0 radical (unpaired) electrons. The number of aromatic nitrogens is 2. The van der Waals surface area contributed by atoms with Crippen molar-refractivity contribution in [3.05, 3.63) is 29.8 Å². The van der Waals surface area contributed by atoms with Gasteiger partial charge in [0.25, 0.3) is 14.4 Å². The summed E-state index contributed by atoms with van der Waals surface area (Å²) in [7, 11) is -2.35. The van der Waals surface area contributed by atoms with Crippen LogP contribution in [0.1, 0.15) is 18.9 Å². The van der Waals surface area contributed by atoms with Gasteiger partial charge in [-0.15, -0.1) is 10.2 Å². The Labute approximate surface area is 133 Å².